The van der Waals surface area contributed by atoms with Crippen molar-refractivity contribution in [2.24, 2.45) is 0 Å². The average molecular weight is 482 g/mol. The summed E-state index contributed by atoms with van der Waals surface area (Å²) in [5.41, 5.74) is 0.881. The molecule has 1 unspecified atom stereocenters. The number of nitrogens with one attached hydrogen (secondary N) is 2. The SMILES string of the molecule is O=C1CCC(N2Cc3cc(C(=O)Nc4cnc5ccc(C(F)(F)F)cc5c4)ccc3C2=O)C(=O)N1. The molecule has 1 atom stereocenters. The van der Waals surface area contributed by atoms with Gasteiger partial charge in [-0.25, -0.2) is 0 Å². The third-order valence-electron chi connectivity index (χ3n) is 6.05. The van der Waals surface area contributed by atoms with Gasteiger partial charge in [-0.05, 0) is 54.4 Å². The molecule has 0 bridgehead atoms. The molecule has 35 heavy (non-hydrogen) atoms. The van der Waals surface area contributed by atoms with Crippen molar-refractivity contribution in [1.82, 2.24) is 15.2 Å². The number of rotatable bonds is 3. The van der Waals surface area contributed by atoms with Crippen LogP contribution in [0.4, 0.5) is 18.9 Å². The second-order valence-corrected chi connectivity index (χ2v) is 8.36. The van der Waals surface area contributed by atoms with E-state index in [0.717, 1.165) is 12.1 Å². The van der Waals surface area contributed by atoms with Crippen molar-refractivity contribution in [3.05, 3.63) is 70.9 Å². The Hall–Kier alpha value is -4.28. The molecule has 0 aliphatic carbocycles. The summed E-state index contributed by atoms with van der Waals surface area (Å²) in [7, 11) is 0. The number of fused-ring (bicyclic) bond motifs is 2. The fourth-order valence-corrected chi connectivity index (χ4v) is 4.30. The van der Waals surface area contributed by atoms with E-state index in [1.54, 1.807) is 0 Å². The highest BCUT2D eigenvalue weighted by Crippen LogP contribution is 2.32. The van der Waals surface area contributed by atoms with Gasteiger partial charge >= 0.3 is 6.18 Å². The molecular weight excluding hydrogens is 465 g/mol. The van der Waals surface area contributed by atoms with Gasteiger partial charge in [0, 0.05) is 29.5 Å². The number of anilines is 1. The van der Waals surface area contributed by atoms with Crippen LogP contribution in [0.5, 0.6) is 0 Å². The monoisotopic (exact) mass is 482 g/mol. The van der Waals surface area contributed by atoms with Gasteiger partial charge in [0.15, 0.2) is 0 Å². The van der Waals surface area contributed by atoms with Gasteiger partial charge in [-0.15, -0.1) is 0 Å². The fraction of sp³-hybridized carbons (Fsp3) is 0.208. The zero-order valence-electron chi connectivity index (χ0n) is 18.0. The summed E-state index contributed by atoms with van der Waals surface area (Å²) in [6, 6.07) is 8.27. The standard InChI is InChI=1S/C24H17F3N4O4/c25-24(26,27)15-2-4-18-13(8-15)9-16(10-28-18)29-21(33)12-1-3-17-14(7-12)11-31(23(17)35)19-5-6-20(32)30-22(19)34/h1-4,7-10,19H,5-6,11H2,(H,29,33)(H,30,32,34). The molecule has 2 aliphatic rings. The number of carbonyl (C=O) groups is 4. The molecule has 2 N–H and O–H groups in total. The molecule has 0 spiro atoms. The van der Waals surface area contributed by atoms with Crippen LogP contribution >= 0.6 is 0 Å². The molecule has 1 aromatic heterocycles. The molecule has 5 rings (SSSR count). The predicted octanol–water partition coefficient (Wildman–Crippen LogP) is 3.27. The fourth-order valence-electron chi connectivity index (χ4n) is 4.30. The van der Waals surface area contributed by atoms with Crippen LogP contribution in [0.25, 0.3) is 10.9 Å². The Morgan fingerprint density at radius 3 is 2.63 bits per heavy atom. The largest absolute Gasteiger partial charge is 0.416 e. The smallest absolute Gasteiger partial charge is 0.322 e. The lowest BCUT2D eigenvalue weighted by Crippen LogP contribution is -2.52. The number of amides is 4. The Kier molecular flexibility index (Phi) is 5.27. The summed E-state index contributed by atoms with van der Waals surface area (Å²) in [5.74, 6) is -1.81. The minimum absolute atomic E-state index is 0.110. The number of pyridine rings is 1. The summed E-state index contributed by atoms with van der Waals surface area (Å²) < 4.78 is 39.0. The Balaban J connectivity index is 1.35. The van der Waals surface area contributed by atoms with Crippen molar-refractivity contribution in [3.8, 4) is 0 Å². The van der Waals surface area contributed by atoms with Crippen molar-refractivity contribution in [2.75, 3.05) is 5.32 Å². The number of nitrogens with zero attached hydrogens (tertiary/aromatic N) is 2. The van der Waals surface area contributed by atoms with Crippen LogP contribution in [0.1, 0.15) is 44.7 Å². The van der Waals surface area contributed by atoms with Gasteiger partial charge in [0.05, 0.1) is 23.0 Å². The summed E-state index contributed by atoms with van der Waals surface area (Å²) in [6.45, 7) is 0.110. The molecule has 3 heterocycles. The van der Waals surface area contributed by atoms with E-state index in [2.05, 4.69) is 15.6 Å². The highest BCUT2D eigenvalue weighted by atomic mass is 19.4. The quantitative estimate of drug-likeness (QED) is 0.557. The number of aromatic nitrogens is 1. The first-order chi connectivity index (χ1) is 16.6. The van der Waals surface area contributed by atoms with Gasteiger partial charge in [-0.3, -0.25) is 29.5 Å². The van der Waals surface area contributed by atoms with E-state index in [1.807, 2.05) is 0 Å². The normalized spacial score (nSPS) is 18.0. The molecule has 3 aromatic rings. The van der Waals surface area contributed by atoms with Gasteiger partial charge in [-0.2, -0.15) is 13.2 Å². The number of hydrogen-bond donors (Lipinski definition) is 2. The first-order valence-electron chi connectivity index (χ1n) is 10.7. The molecule has 2 aromatic carbocycles. The lowest BCUT2D eigenvalue weighted by Gasteiger charge is -2.29. The topological polar surface area (TPSA) is 108 Å². The predicted molar refractivity (Wildman–Crippen MR) is 117 cm³/mol. The third kappa shape index (κ3) is 4.20. The van der Waals surface area contributed by atoms with Crippen LogP contribution in [0.3, 0.4) is 0 Å². The van der Waals surface area contributed by atoms with E-state index in [4.69, 9.17) is 0 Å². The maximum atomic E-state index is 13.0. The average Bonchev–Trinajstić information content (AvgIpc) is 3.13. The van der Waals surface area contributed by atoms with Crippen molar-refractivity contribution in [2.45, 2.75) is 31.6 Å². The van der Waals surface area contributed by atoms with E-state index in [9.17, 15) is 32.3 Å². The lowest BCUT2D eigenvalue weighted by molar-refractivity contribution is -0.138. The van der Waals surface area contributed by atoms with E-state index < -0.39 is 29.6 Å². The number of imide groups is 1. The van der Waals surface area contributed by atoms with Gasteiger partial charge in [-0.1, -0.05) is 0 Å². The Morgan fingerprint density at radius 2 is 1.89 bits per heavy atom. The number of halogens is 3. The molecule has 0 saturated carbocycles. The Labute approximate surface area is 196 Å². The number of benzene rings is 2. The minimum Gasteiger partial charge on any atom is -0.322 e. The highest BCUT2D eigenvalue weighted by Gasteiger charge is 2.39. The second-order valence-electron chi connectivity index (χ2n) is 8.36. The maximum absolute atomic E-state index is 13.0. The Morgan fingerprint density at radius 1 is 1.09 bits per heavy atom. The zero-order chi connectivity index (χ0) is 24.9. The molecule has 1 saturated heterocycles. The van der Waals surface area contributed by atoms with Gasteiger partial charge < -0.3 is 10.2 Å². The summed E-state index contributed by atoms with van der Waals surface area (Å²) in [6.07, 6.45) is -2.80. The van der Waals surface area contributed by atoms with Crippen LogP contribution in [0, 0.1) is 0 Å². The van der Waals surface area contributed by atoms with Gasteiger partial charge in [0.25, 0.3) is 11.8 Å². The van der Waals surface area contributed by atoms with E-state index in [0.29, 0.717) is 16.6 Å². The molecule has 1 fully saturated rings. The Bertz CT molecular complexity index is 1420. The third-order valence-corrected chi connectivity index (χ3v) is 6.05. The number of piperidine rings is 1. The summed E-state index contributed by atoms with van der Waals surface area (Å²) in [5, 5.41) is 5.06. The molecular formula is C24H17F3N4O4. The summed E-state index contributed by atoms with van der Waals surface area (Å²) in [4.78, 5) is 54.7. The summed E-state index contributed by atoms with van der Waals surface area (Å²) >= 11 is 0. The van der Waals surface area contributed by atoms with Gasteiger partial charge in [0.2, 0.25) is 11.8 Å². The lowest BCUT2D eigenvalue weighted by atomic mass is 10.0. The first-order valence-corrected chi connectivity index (χ1v) is 10.7. The molecule has 178 valence electrons. The zero-order valence-corrected chi connectivity index (χ0v) is 18.0. The van der Waals surface area contributed by atoms with Crippen LogP contribution < -0.4 is 10.6 Å². The second kappa shape index (κ2) is 8.19. The number of hydrogen-bond acceptors (Lipinski definition) is 5. The van der Waals surface area contributed by atoms with Crippen LogP contribution in [-0.2, 0) is 22.3 Å². The van der Waals surface area contributed by atoms with Crippen molar-refractivity contribution >= 4 is 40.2 Å². The van der Waals surface area contributed by atoms with Crippen LogP contribution in [0.2, 0.25) is 0 Å². The molecule has 4 amide bonds. The molecule has 0 radical (unpaired) electrons. The molecule has 11 heteroatoms. The highest BCUT2D eigenvalue weighted by molar-refractivity contribution is 6.08. The van der Waals surface area contributed by atoms with E-state index in [-0.39, 0.29) is 47.8 Å². The molecule has 8 nitrogen and oxygen atoms in total. The van der Waals surface area contributed by atoms with Crippen LogP contribution in [-0.4, -0.2) is 39.6 Å². The maximum Gasteiger partial charge on any atom is 0.416 e. The van der Waals surface area contributed by atoms with Crippen molar-refractivity contribution in [1.29, 1.82) is 0 Å². The van der Waals surface area contributed by atoms with Gasteiger partial charge in [0.1, 0.15) is 6.04 Å². The first kappa shape index (κ1) is 22.5. The number of alkyl halides is 3. The molecule has 2 aliphatic heterocycles. The van der Waals surface area contributed by atoms with Crippen LogP contribution in [0.15, 0.2) is 48.7 Å². The number of carbonyl (C=O) groups excluding carboxylic acids is 4. The van der Waals surface area contributed by atoms with Crippen molar-refractivity contribution < 1.29 is 32.3 Å². The minimum atomic E-state index is -4.50. The van der Waals surface area contributed by atoms with E-state index >= 15 is 0 Å². The van der Waals surface area contributed by atoms with Crippen molar-refractivity contribution in [3.63, 3.8) is 0 Å². The van der Waals surface area contributed by atoms with E-state index in [1.165, 1.54) is 41.4 Å².